The summed E-state index contributed by atoms with van der Waals surface area (Å²) in [4.78, 5) is 25.8. The molecule has 0 aromatic carbocycles. The van der Waals surface area contributed by atoms with Gasteiger partial charge in [-0.25, -0.2) is 9.59 Å². The molecule has 0 aromatic heterocycles. The maximum Gasteiger partial charge on any atom is 0.407 e. The predicted octanol–water partition coefficient (Wildman–Crippen LogP) is 1.66. The highest BCUT2D eigenvalue weighted by molar-refractivity contribution is 7.80. The van der Waals surface area contributed by atoms with Crippen LogP contribution < -0.4 is 16.0 Å². The molecule has 1 heterocycles. The minimum atomic E-state index is -0.427. The van der Waals surface area contributed by atoms with Gasteiger partial charge in [-0.15, -0.1) is 0 Å². The van der Waals surface area contributed by atoms with Crippen molar-refractivity contribution in [2.24, 2.45) is 0 Å². The summed E-state index contributed by atoms with van der Waals surface area (Å²) in [5.41, 5.74) is 0. The number of alkyl carbamates (subject to hydrolysis) is 2. The van der Waals surface area contributed by atoms with Crippen molar-refractivity contribution in [2.45, 2.75) is 45.6 Å². The molecule has 1 unspecified atom stereocenters. The molecule has 9 nitrogen and oxygen atoms in total. The second kappa shape index (κ2) is 16.2. The fourth-order valence-corrected chi connectivity index (χ4v) is 3.22. The van der Waals surface area contributed by atoms with E-state index in [2.05, 4.69) is 20.9 Å². The molecule has 0 aromatic rings. The molecule has 0 aliphatic carbocycles. The van der Waals surface area contributed by atoms with Gasteiger partial charge in [0.1, 0.15) is 0 Å². The van der Waals surface area contributed by atoms with Gasteiger partial charge >= 0.3 is 12.2 Å². The van der Waals surface area contributed by atoms with Crippen LogP contribution in [0, 0.1) is 0 Å². The van der Waals surface area contributed by atoms with Crippen LogP contribution in [0.4, 0.5) is 9.59 Å². The van der Waals surface area contributed by atoms with E-state index in [9.17, 15) is 9.59 Å². The van der Waals surface area contributed by atoms with E-state index in [4.69, 9.17) is 26.4 Å². The molecule has 0 bridgehead atoms. The zero-order valence-electron chi connectivity index (χ0n) is 17.7. The number of nitrogens with one attached hydrogen (secondary N) is 3. The van der Waals surface area contributed by atoms with Crippen molar-refractivity contribution in [1.82, 2.24) is 20.9 Å². The summed E-state index contributed by atoms with van der Waals surface area (Å²) in [7, 11) is 0. The minimum absolute atomic E-state index is 0.224. The average molecular weight is 433 g/mol. The molecule has 3 N–H and O–H groups in total. The third kappa shape index (κ3) is 13.2. The van der Waals surface area contributed by atoms with Gasteiger partial charge in [-0.3, -0.25) is 4.90 Å². The summed E-state index contributed by atoms with van der Waals surface area (Å²) in [6.07, 6.45) is 3.51. The van der Waals surface area contributed by atoms with Gasteiger partial charge in [0, 0.05) is 52.3 Å². The molecule has 1 saturated heterocycles. The highest BCUT2D eigenvalue weighted by Crippen LogP contribution is 2.15. The summed E-state index contributed by atoms with van der Waals surface area (Å²) >= 11 is 5.43. The maximum absolute atomic E-state index is 11.4. The number of nitrogens with zero attached hydrogens (tertiary/aromatic N) is 1. The molecule has 2 amide bonds. The van der Waals surface area contributed by atoms with Gasteiger partial charge in [-0.2, -0.15) is 0 Å². The lowest BCUT2D eigenvalue weighted by atomic mass is 10.1. The molecule has 1 fully saturated rings. The molecule has 1 rings (SSSR count). The van der Waals surface area contributed by atoms with E-state index in [0.717, 1.165) is 37.4 Å². The third-order valence-electron chi connectivity index (χ3n) is 4.38. The Kier molecular flexibility index (Phi) is 14.2. The molecule has 1 atom stereocenters. The first-order valence-corrected chi connectivity index (χ1v) is 10.9. The first-order chi connectivity index (χ1) is 14.0. The first-order valence-electron chi connectivity index (χ1n) is 10.5. The molecule has 0 radical (unpaired) electrons. The summed E-state index contributed by atoms with van der Waals surface area (Å²) in [5, 5.41) is 8.70. The summed E-state index contributed by atoms with van der Waals surface area (Å²) < 4.78 is 15.5. The molecule has 168 valence electrons. The summed E-state index contributed by atoms with van der Waals surface area (Å²) in [5.74, 6) is 0. The zero-order chi connectivity index (χ0) is 21.3. The number of rotatable bonds is 13. The van der Waals surface area contributed by atoms with E-state index in [0.29, 0.717) is 45.9 Å². The van der Waals surface area contributed by atoms with Crippen molar-refractivity contribution in [3.05, 3.63) is 0 Å². The van der Waals surface area contributed by atoms with Gasteiger partial charge in [-0.05, 0) is 33.1 Å². The highest BCUT2D eigenvalue weighted by Gasteiger charge is 2.15. The average Bonchev–Trinajstić information content (AvgIpc) is 2.69. The van der Waals surface area contributed by atoms with Gasteiger partial charge in [0.25, 0.3) is 0 Å². The Hall–Kier alpha value is -1.65. The molecule has 0 spiro atoms. The van der Waals surface area contributed by atoms with Crippen molar-refractivity contribution >= 4 is 29.4 Å². The zero-order valence-corrected chi connectivity index (χ0v) is 18.5. The molecule has 1 aliphatic rings. The Morgan fingerprint density at radius 1 is 0.966 bits per heavy atom. The van der Waals surface area contributed by atoms with Crippen LogP contribution >= 0.6 is 12.2 Å². The van der Waals surface area contributed by atoms with Crippen LogP contribution in [0.25, 0.3) is 0 Å². The van der Waals surface area contributed by atoms with Crippen molar-refractivity contribution < 1.29 is 23.8 Å². The smallest absolute Gasteiger partial charge is 0.407 e. The van der Waals surface area contributed by atoms with Gasteiger partial charge in [0.2, 0.25) is 0 Å². The van der Waals surface area contributed by atoms with Crippen molar-refractivity contribution in [3.63, 3.8) is 0 Å². The summed E-state index contributed by atoms with van der Waals surface area (Å²) in [6, 6.07) is 0. The topological polar surface area (TPSA) is 101 Å². The molecular formula is C19H36N4O5S. The van der Waals surface area contributed by atoms with E-state index in [1.807, 2.05) is 0 Å². The molecular weight excluding hydrogens is 396 g/mol. The monoisotopic (exact) mass is 432 g/mol. The third-order valence-corrected chi connectivity index (χ3v) is 4.69. The van der Waals surface area contributed by atoms with E-state index in [1.165, 1.54) is 6.42 Å². The van der Waals surface area contributed by atoms with Crippen LogP contribution in [0.15, 0.2) is 0 Å². The van der Waals surface area contributed by atoms with E-state index < -0.39 is 12.2 Å². The Bertz CT molecular complexity index is 465. The number of ether oxygens (including phenoxy) is 3. The van der Waals surface area contributed by atoms with Crippen molar-refractivity contribution in [3.8, 4) is 0 Å². The number of hydrogen-bond acceptors (Lipinski definition) is 7. The van der Waals surface area contributed by atoms with Gasteiger partial charge in [0.05, 0.1) is 24.3 Å². The van der Waals surface area contributed by atoms with E-state index in [1.54, 1.807) is 13.8 Å². The Morgan fingerprint density at radius 2 is 1.52 bits per heavy atom. The van der Waals surface area contributed by atoms with Crippen LogP contribution in [-0.4, -0.2) is 87.3 Å². The normalized spacial score (nSPS) is 16.2. The second-order valence-electron chi connectivity index (χ2n) is 6.68. The van der Waals surface area contributed by atoms with E-state index in [-0.39, 0.29) is 6.10 Å². The van der Waals surface area contributed by atoms with Crippen LogP contribution in [-0.2, 0) is 14.2 Å². The second-order valence-corrected chi connectivity index (χ2v) is 7.17. The number of carbonyl (C=O) groups is 2. The maximum atomic E-state index is 11.4. The lowest BCUT2D eigenvalue weighted by molar-refractivity contribution is 0.0210. The van der Waals surface area contributed by atoms with Crippen LogP contribution in [0.3, 0.4) is 0 Å². The van der Waals surface area contributed by atoms with Gasteiger partial charge < -0.3 is 30.2 Å². The molecule has 29 heavy (non-hydrogen) atoms. The number of amides is 2. The SMILES string of the molecule is CCOC(=O)NCCN(CCNC(=O)OCC)CCNC(=S)CC1CCCCO1. The minimum Gasteiger partial charge on any atom is -0.450 e. The predicted molar refractivity (Wildman–Crippen MR) is 115 cm³/mol. The Balaban J connectivity index is 2.31. The van der Waals surface area contributed by atoms with Crippen LogP contribution in [0.5, 0.6) is 0 Å². The van der Waals surface area contributed by atoms with Gasteiger partial charge in [-0.1, -0.05) is 12.2 Å². The van der Waals surface area contributed by atoms with E-state index >= 15 is 0 Å². The van der Waals surface area contributed by atoms with Crippen LogP contribution in [0.1, 0.15) is 39.5 Å². The number of hydrogen-bond donors (Lipinski definition) is 3. The Labute approximate surface area is 179 Å². The first kappa shape index (κ1) is 25.4. The van der Waals surface area contributed by atoms with Crippen LogP contribution in [0.2, 0.25) is 0 Å². The largest absolute Gasteiger partial charge is 0.450 e. The molecule has 10 heteroatoms. The molecule has 1 aliphatic heterocycles. The molecule has 0 saturated carbocycles. The number of carbonyl (C=O) groups excluding carboxylic acids is 2. The highest BCUT2D eigenvalue weighted by atomic mass is 32.1. The van der Waals surface area contributed by atoms with Crippen molar-refractivity contribution in [1.29, 1.82) is 0 Å². The fourth-order valence-electron chi connectivity index (χ4n) is 2.93. The quantitative estimate of drug-likeness (QED) is 0.378. The fraction of sp³-hybridized carbons (Fsp3) is 0.842. The van der Waals surface area contributed by atoms with Crippen molar-refractivity contribution in [2.75, 3.05) is 59.1 Å². The lowest BCUT2D eigenvalue weighted by Crippen LogP contribution is -2.43. The standard InChI is InChI=1S/C19H36N4O5S/c1-3-26-18(24)21-9-12-23(13-10-22-19(25)27-4-2)11-8-20-17(29)15-16-7-5-6-14-28-16/h16H,3-15H2,1-2H3,(H,20,29)(H,21,24)(H,22,25). The van der Waals surface area contributed by atoms with Gasteiger partial charge in [0.15, 0.2) is 0 Å². The number of thiocarbonyl (C=S) groups is 1. The Morgan fingerprint density at radius 3 is 2.00 bits per heavy atom. The summed E-state index contributed by atoms with van der Waals surface area (Å²) in [6.45, 7) is 8.60. The lowest BCUT2D eigenvalue weighted by Gasteiger charge is -2.25.